The van der Waals surface area contributed by atoms with Gasteiger partial charge in [0.05, 0.1) is 12.8 Å². The average molecular weight is 383 g/mol. The van der Waals surface area contributed by atoms with E-state index in [1.807, 2.05) is 37.3 Å². The maximum atomic E-state index is 12.7. The summed E-state index contributed by atoms with van der Waals surface area (Å²) >= 11 is 6.01. The average Bonchev–Trinajstić information content (AvgIpc) is 2.61. The molecule has 0 unspecified atom stereocenters. The van der Waals surface area contributed by atoms with Crippen LogP contribution in [0, 0.1) is 13.8 Å². The van der Waals surface area contributed by atoms with E-state index >= 15 is 0 Å². The van der Waals surface area contributed by atoms with Crippen LogP contribution in [0.3, 0.4) is 0 Å². The van der Waals surface area contributed by atoms with Crippen molar-refractivity contribution in [3.63, 3.8) is 0 Å². The molecule has 0 atom stereocenters. The van der Waals surface area contributed by atoms with E-state index in [1.165, 1.54) is 0 Å². The first-order valence-electron chi connectivity index (χ1n) is 8.29. The summed E-state index contributed by atoms with van der Waals surface area (Å²) < 4.78 is 5.30. The maximum absolute atomic E-state index is 12.7. The van der Waals surface area contributed by atoms with Gasteiger partial charge in [-0.3, -0.25) is 4.79 Å². The van der Waals surface area contributed by atoms with E-state index in [0.29, 0.717) is 28.1 Å². The lowest BCUT2D eigenvalue weighted by molar-refractivity contribution is 0.102. The Bertz CT molecular complexity index is 991. The summed E-state index contributed by atoms with van der Waals surface area (Å²) in [5.74, 6) is 1.21. The summed E-state index contributed by atoms with van der Waals surface area (Å²) in [6.07, 6.45) is 0. The molecule has 3 aromatic rings. The number of rotatable bonds is 5. The van der Waals surface area contributed by atoms with E-state index in [0.717, 1.165) is 11.3 Å². The van der Waals surface area contributed by atoms with Gasteiger partial charge in [0, 0.05) is 16.8 Å². The molecule has 2 aromatic carbocycles. The summed E-state index contributed by atoms with van der Waals surface area (Å²) in [7, 11) is 1.56. The van der Waals surface area contributed by atoms with E-state index in [2.05, 4.69) is 20.6 Å². The fourth-order valence-corrected chi connectivity index (χ4v) is 2.76. The highest BCUT2D eigenvalue weighted by atomic mass is 35.5. The lowest BCUT2D eigenvalue weighted by Gasteiger charge is -2.12. The molecule has 0 spiro atoms. The van der Waals surface area contributed by atoms with Crippen LogP contribution in [0.5, 0.6) is 5.75 Å². The molecule has 0 radical (unpaired) electrons. The van der Waals surface area contributed by atoms with Gasteiger partial charge in [0.25, 0.3) is 5.91 Å². The molecule has 27 heavy (non-hydrogen) atoms. The number of benzene rings is 2. The maximum Gasteiger partial charge on any atom is 0.274 e. The molecule has 3 rings (SSSR count). The van der Waals surface area contributed by atoms with Crippen molar-refractivity contribution in [3.05, 3.63) is 70.6 Å². The smallest absolute Gasteiger partial charge is 0.274 e. The molecule has 0 aliphatic carbocycles. The predicted octanol–water partition coefficient (Wildman–Crippen LogP) is 4.75. The first-order valence-corrected chi connectivity index (χ1v) is 8.66. The molecule has 0 fully saturated rings. The van der Waals surface area contributed by atoms with Crippen molar-refractivity contribution in [2.75, 3.05) is 17.7 Å². The normalized spacial score (nSPS) is 10.4. The molecule has 1 amide bonds. The highest BCUT2D eigenvalue weighted by molar-refractivity contribution is 6.30. The Morgan fingerprint density at radius 3 is 2.63 bits per heavy atom. The molecule has 0 aliphatic rings. The highest BCUT2D eigenvalue weighted by Gasteiger charge is 2.14. The van der Waals surface area contributed by atoms with Crippen LogP contribution in [-0.4, -0.2) is 23.0 Å². The zero-order valence-corrected chi connectivity index (χ0v) is 16.0. The fraction of sp³-hybridized carbons (Fsp3) is 0.150. The lowest BCUT2D eigenvalue weighted by atomic mass is 10.2. The quantitative estimate of drug-likeness (QED) is 0.665. The molecule has 0 saturated carbocycles. The Morgan fingerprint density at radius 2 is 1.89 bits per heavy atom. The van der Waals surface area contributed by atoms with Crippen LogP contribution < -0.4 is 15.4 Å². The summed E-state index contributed by atoms with van der Waals surface area (Å²) in [6.45, 7) is 3.67. The van der Waals surface area contributed by atoms with Crippen molar-refractivity contribution < 1.29 is 9.53 Å². The van der Waals surface area contributed by atoms with Gasteiger partial charge in [0.2, 0.25) is 0 Å². The van der Waals surface area contributed by atoms with Gasteiger partial charge >= 0.3 is 0 Å². The third kappa shape index (κ3) is 4.74. The number of ether oxygens (including phenoxy) is 1. The van der Waals surface area contributed by atoms with Crippen molar-refractivity contribution in [2.24, 2.45) is 0 Å². The van der Waals surface area contributed by atoms with E-state index in [-0.39, 0.29) is 11.6 Å². The number of hydrogen-bond acceptors (Lipinski definition) is 5. The van der Waals surface area contributed by atoms with Gasteiger partial charge in [-0.05, 0) is 49.7 Å². The fourth-order valence-electron chi connectivity index (χ4n) is 2.57. The van der Waals surface area contributed by atoms with E-state index in [1.54, 1.807) is 32.2 Å². The zero-order chi connectivity index (χ0) is 19.4. The molecular formula is C20H19ClN4O2. The SMILES string of the molecule is COc1ccc(C)cc1NC(=O)c1cc(Nc2cccc(Cl)c2)nc(C)n1. The van der Waals surface area contributed by atoms with Crippen molar-refractivity contribution in [1.82, 2.24) is 9.97 Å². The molecule has 0 bridgehead atoms. The number of amides is 1. The number of aryl methyl sites for hydroxylation is 2. The number of halogens is 1. The number of methoxy groups -OCH3 is 1. The molecule has 7 heteroatoms. The molecular weight excluding hydrogens is 364 g/mol. The second kappa shape index (κ2) is 8.05. The van der Waals surface area contributed by atoms with Crippen LogP contribution in [0.1, 0.15) is 21.9 Å². The second-order valence-corrected chi connectivity index (χ2v) is 6.42. The van der Waals surface area contributed by atoms with Gasteiger partial charge in [-0.1, -0.05) is 23.7 Å². The van der Waals surface area contributed by atoms with Crippen molar-refractivity contribution in [3.8, 4) is 5.75 Å². The highest BCUT2D eigenvalue weighted by Crippen LogP contribution is 2.26. The van der Waals surface area contributed by atoms with Crippen molar-refractivity contribution in [1.29, 1.82) is 0 Å². The minimum Gasteiger partial charge on any atom is -0.495 e. The number of nitrogens with zero attached hydrogens (tertiary/aromatic N) is 2. The van der Waals surface area contributed by atoms with E-state index in [9.17, 15) is 4.79 Å². The zero-order valence-electron chi connectivity index (χ0n) is 15.2. The molecule has 2 N–H and O–H groups in total. The van der Waals surface area contributed by atoms with Gasteiger partial charge in [-0.2, -0.15) is 0 Å². The first-order chi connectivity index (χ1) is 12.9. The number of aromatic nitrogens is 2. The van der Waals surface area contributed by atoms with Crippen molar-refractivity contribution >= 4 is 34.7 Å². The Morgan fingerprint density at radius 1 is 1.07 bits per heavy atom. The third-order valence-electron chi connectivity index (χ3n) is 3.77. The first kappa shape index (κ1) is 18.7. The summed E-state index contributed by atoms with van der Waals surface area (Å²) in [5, 5.41) is 6.59. The third-order valence-corrected chi connectivity index (χ3v) is 4.01. The number of carbonyl (C=O) groups excluding carboxylic acids is 1. The molecule has 0 saturated heterocycles. The van der Waals surface area contributed by atoms with Crippen LogP contribution in [0.15, 0.2) is 48.5 Å². The lowest BCUT2D eigenvalue weighted by Crippen LogP contribution is -2.16. The predicted molar refractivity (Wildman–Crippen MR) is 107 cm³/mol. The molecule has 1 aromatic heterocycles. The second-order valence-electron chi connectivity index (χ2n) is 5.98. The minimum atomic E-state index is -0.349. The monoisotopic (exact) mass is 382 g/mol. The summed E-state index contributed by atoms with van der Waals surface area (Å²) in [4.78, 5) is 21.3. The molecule has 6 nitrogen and oxygen atoms in total. The Hall–Kier alpha value is -3.12. The van der Waals surface area contributed by atoms with E-state index in [4.69, 9.17) is 16.3 Å². The number of carbonyl (C=O) groups is 1. The summed E-state index contributed by atoms with van der Waals surface area (Å²) in [5.41, 5.74) is 2.61. The number of nitrogens with one attached hydrogen (secondary N) is 2. The van der Waals surface area contributed by atoms with Crippen LogP contribution in [0.4, 0.5) is 17.2 Å². The molecule has 0 aliphatic heterocycles. The standard InChI is InChI=1S/C20H19ClN4O2/c1-12-7-8-18(27-3)16(9-12)25-20(26)17-11-19(23-13(2)22-17)24-15-6-4-5-14(21)10-15/h4-11H,1-3H3,(H,25,26)(H,22,23,24). The summed E-state index contributed by atoms with van der Waals surface area (Å²) in [6, 6.07) is 14.4. The van der Waals surface area contributed by atoms with Gasteiger partial charge in [0.15, 0.2) is 0 Å². The topological polar surface area (TPSA) is 76.1 Å². The number of hydrogen-bond donors (Lipinski definition) is 2. The largest absolute Gasteiger partial charge is 0.495 e. The number of anilines is 3. The van der Waals surface area contributed by atoms with Crippen LogP contribution in [-0.2, 0) is 0 Å². The van der Waals surface area contributed by atoms with Crippen LogP contribution in [0.25, 0.3) is 0 Å². The Kier molecular flexibility index (Phi) is 5.57. The van der Waals surface area contributed by atoms with Crippen LogP contribution >= 0.6 is 11.6 Å². The van der Waals surface area contributed by atoms with Gasteiger partial charge in [-0.15, -0.1) is 0 Å². The molecule has 138 valence electrons. The minimum absolute atomic E-state index is 0.246. The van der Waals surface area contributed by atoms with Gasteiger partial charge in [-0.25, -0.2) is 9.97 Å². The van der Waals surface area contributed by atoms with Gasteiger partial charge in [0.1, 0.15) is 23.1 Å². The van der Waals surface area contributed by atoms with Crippen LogP contribution in [0.2, 0.25) is 5.02 Å². The van der Waals surface area contributed by atoms with Crippen molar-refractivity contribution in [2.45, 2.75) is 13.8 Å². The van der Waals surface area contributed by atoms with Gasteiger partial charge < -0.3 is 15.4 Å². The Labute approximate surface area is 162 Å². The Balaban J connectivity index is 1.85. The molecule has 1 heterocycles. The van der Waals surface area contributed by atoms with E-state index < -0.39 is 0 Å².